The zero-order valence-corrected chi connectivity index (χ0v) is 18.1. The molecule has 0 heterocycles. The quantitative estimate of drug-likeness (QED) is 0.296. The minimum Gasteiger partial charge on any atom is -0.369 e. The van der Waals surface area contributed by atoms with Crippen LogP contribution in [0.1, 0.15) is 116 Å². The van der Waals surface area contributed by atoms with Gasteiger partial charge in [0.25, 0.3) is 0 Å². The Labute approximate surface area is 171 Å². The van der Waals surface area contributed by atoms with Gasteiger partial charge in [-0.15, -0.1) is 0 Å². The van der Waals surface area contributed by atoms with Crippen molar-refractivity contribution in [1.82, 2.24) is 0 Å². The Morgan fingerprint density at radius 1 is 0.786 bits per heavy atom. The first-order chi connectivity index (χ1) is 13.5. The standard InChI is InChI=1S/C24H43F3O/c1-2-3-4-5-9-19-28-23(24(25,26)27)14-10-11-20-15-17-22(18-16-20)21-12-7-6-8-13-21/h20-23H,2-19H2,1H3. The van der Waals surface area contributed by atoms with E-state index >= 15 is 0 Å². The van der Waals surface area contributed by atoms with Gasteiger partial charge in [0.05, 0.1) is 0 Å². The van der Waals surface area contributed by atoms with Crippen molar-refractivity contribution in [1.29, 1.82) is 0 Å². The van der Waals surface area contributed by atoms with E-state index in [1.807, 2.05) is 0 Å². The summed E-state index contributed by atoms with van der Waals surface area (Å²) in [5.74, 6) is 2.48. The molecule has 0 radical (unpaired) electrons. The zero-order chi connectivity index (χ0) is 20.2. The van der Waals surface area contributed by atoms with Gasteiger partial charge in [0.2, 0.25) is 0 Å². The van der Waals surface area contributed by atoms with Crippen molar-refractivity contribution in [3.63, 3.8) is 0 Å². The summed E-state index contributed by atoms with van der Waals surface area (Å²) in [6.45, 7) is 2.39. The van der Waals surface area contributed by atoms with E-state index in [0.29, 0.717) is 12.3 Å². The van der Waals surface area contributed by atoms with Crippen molar-refractivity contribution >= 4 is 0 Å². The van der Waals surface area contributed by atoms with Gasteiger partial charge in [-0.05, 0) is 43.4 Å². The maximum Gasteiger partial charge on any atom is 0.414 e. The topological polar surface area (TPSA) is 9.23 Å². The third kappa shape index (κ3) is 9.05. The molecule has 166 valence electrons. The maximum atomic E-state index is 13.2. The molecule has 2 aliphatic rings. The summed E-state index contributed by atoms with van der Waals surface area (Å²) in [4.78, 5) is 0. The van der Waals surface area contributed by atoms with E-state index in [0.717, 1.165) is 50.4 Å². The highest BCUT2D eigenvalue weighted by Crippen LogP contribution is 2.41. The molecule has 28 heavy (non-hydrogen) atoms. The molecule has 4 heteroatoms. The van der Waals surface area contributed by atoms with Crippen LogP contribution in [0.5, 0.6) is 0 Å². The van der Waals surface area contributed by atoms with Gasteiger partial charge < -0.3 is 4.74 Å². The highest BCUT2D eigenvalue weighted by Gasteiger charge is 2.40. The van der Waals surface area contributed by atoms with E-state index < -0.39 is 12.3 Å². The van der Waals surface area contributed by atoms with Gasteiger partial charge in [-0.25, -0.2) is 0 Å². The normalized spacial score (nSPS) is 25.7. The molecule has 0 aromatic carbocycles. The molecule has 1 unspecified atom stereocenters. The molecule has 2 saturated carbocycles. The highest BCUT2D eigenvalue weighted by molar-refractivity contribution is 4.80. The van der Waals surface area contributed by atoms with E-state index in [9.17, 15) is 13.2 Å². The molecular weight excluding hydrogens is 361 g/mol. The van der Waals surface area contributed by atoms with Crippen LogP contribution in [0, 0.1) is 17.8 Å². The first kappa shape index (κ1) is 24.0. The minimum atomic E-state index is -4.22. The van der Waals surface area contributed by atoms with E-state index in [4.69, 9.17) is 4.74 Å². The fourth-order valence-corrected chi connectivity index (χ4v) is 5.42. The van der Waals surface area contributed by atoms with Crippen LogP contribution in [0.4, 0.5) is 13.2 Å². The van der Waals surface area contributed by atoms with Gasteiger partial charge in [-0.3, -0.25) is 0 Å². The third-order valence-corrected chi connectivity index (χ3v) is 7.22. The van der Waals surface area contributed by atoms with Crippen LogP contribution in [0.3, 0.4) is 0 Å². The molecule has 0 aromatic rings. The number of rotatable bonds is 12. The Bertz CT molecular complexity index is 382. The predicted octanol–water partition coefficient (Wildman–Crippen LogP) is 8.46. The molecule has 0 amide bonds. The number of hydrogen-bond acceptors (Lipinski definition) is 1. The zero-order valence-electron chi connectivity index (χ0n) is 18.1. The third-order valence-electron chi connectivity index (χ3n) is 7.22. The van der Waals surface area contributed by atoms with E-state index in [1.54, 1.807) is 0 Å². The lowest BCUT2D eigenvalue weighted by molar-refractivity contribution is -0.222. The van der Waals surface area contributed by atoms with E-state index in [1.165, 1.54) is 57.8 Å². The van der Waals surface area contributed by atoms with E-state index in [-0.39, 0.29) is 13.0 Å². The van der Waals surface area contributed by atoms with Crippen LogP contribution in [0.2, 0.25) is 0 Å². The number of alkyl halides is 3. The van der Waals surface area contributed by atoms with Crippen LogP contribution < -0.4 is 0 Å². The first-order valence-electron chi connectivity index (χ1n) is 12.2. The Morgan fingerprint density at radius 2 is 1.43 bits per heavy atom. The summed E-state index contributed by atoms with van der Waals surface area (Å²) in [5.41, 5.74) is 0. The van der Waals surface area contributed by atoms with Crippen molar-refractivity contribution in [3.8, 4) is 0 Å². The molecular formula is C24H43F3O. The molecule has 0 N–H and O–H groups in total. The summed E-state index contributed by atoms with van der Waals surface area (Å²) in [6.07, 6.45) is 13.2. The fourth-order valence-electron chi connectivity index (χ4n) is 5.42. The van der Waals surface area contributed by atoms with Crippen molar-refractivity contribution in [2.45, 2.75) is 128 Å². The number of hydrogen-bond donors (Lipinski definition) is 0. The number of halogens is 3. The molecule has 0 aromatic heterocycles. The minimum absolute atomic E-state index is 0.140. The van der Waals surface area contributed by atoms with E-state index in [2.05, 4.69) is 6.92 Å². The van der Waals surface area contributed by atoms with Gasteiger partial charge in [-0.1, -0.05) is 90.4 Å². The first-order valence-corrected chi connectivity index (χ1v) is 12.2. The average Bonchev–Trinajstić information content (AvgIpc) is 2.69. The molecule has 0 spiro atoms. The second kappa shape index (κ2) is 13.1. The monoisotopic (exact) mass is 404 g/mol. The van der Waals surface area contributed by atoms with Crippen LogP contribution in [-0.4, -0.2) is 18.9 Å². The van der Waals surface area contributed by atoms with Crippen molar-refractivity contribution < 1.29 is 17.9 Å². The lowest BCUT2D eigenvalue weighted by Crippen LogP contribution is -2.32. The van der Waals surface area contributed by atoms with Crippen molar-refractivity contribution in [2.75, 3.05) is 6.61 Å². The SMILES string of the molecule is CCCCCCCOC(CCCC1CCC(C2CCCCC2)CC1)C(F)(F)F. The Hall–Kier alpha value is -0.250. The summed E-state index contributed by atoms with van der Waals surface area (Å²) < 4.78 is 45.0. The van der Waals surface area contributed by atoms with Gasteiger partial charge >= 0.3 is 6.18 Å². The average molecular weight is 405 g/mol. The summed E-state index contributed by atoms with van der Waals surface area (Å²) in [6, 6.07) is 0. The molecule has 2 rings (SSSR count). The lowest BCUT2D eigenvalue weighted by Gasteiger charge is -2.36. The highest BCUT2D eigenvalue weighted by atomic mass is 19.4. The van der Waals surface area contributed by atoms with Crippen molar-refractivity contribution in [3.05, 3.63) is 0 Å². The summed E-state index contributed by atoms with van der Waals surface area (Å²) in [7, 11) is 0. The summed E-state index contributed by atoms with van der Waals surface area (Å²) in [5, 5.41) is 0. The van der Waals surface area contributed by atoms with Gasteiger partial charge in [0, 0.05) is 6.61 Å². The second-order valence-electron chi connectivity index (χ2n) is 9.43. The van der Waals surface area contributed by atoms with Crippen LogP contribution in [-0.2, 0) is 4.74 Å². The summed E-state index contributed by atoms with van der Waals surface area (Å²) >= 11 is 0. The molecule has 2 fully saturated rings. The molecule has 0 bridgehead atoms. The number of unbranched alkanes of at least 4 members (excludes halogenated alkanes) is 4. The van der Waals surface area contributed by atoms with Gasteiger partial charge in [0.1, 0.15) is 0 Å². The Morgan fingerprint density at radius 3 is 2.07 bits per heavy atom. The lowest BCUT2D eigenvalue weighted by atomic mass is 9.70. The van der Waals surface area contributed by atoms with Crippen LogP contribution >= 0.6 is 0 Å². The molecule has 2 aliphatic carbocycles. The predicted molar refractivity (Wildman–Crippen MR) is 110 cm³/mol. The molecule has 1 atom stereocenters. The molecule has 1 nitrogen and oxygen atoms in total. The Balaban J connectivity index is 1.59. The second-order valence-corrected chi connectivity index (χ2v) is 9.43. The van der Waals surface area contributed by atoms with Gasteiger partial charge in [0.15, 0.2) is 6.10 Å². The van der Waals surface area contributed by atoms with Crippen LogP contribution in [0.25, 0.3) is 0 Å². The van der Waals surface area contributed by atoms with Crippen LogP contribution in [0.15, 0.2) is 0 Å². The smallest absolute Gasteiger partial charge is 0.369 e. The van der Waals surface area contributed by atoms with Gasteiger partial charge in [-0.2, -0.15) is 13.2 Å². The Kier molecular flexibility index (Phi) is 11.3. The molecule has 0 aliphatic heterocycles. The fraction of sp³-hybridized carbons (Fsp3) is 1.00. The number of ether oxygens (including phenoxy) is 1. The largest absolute Gasteiger partial charge is 0.414 e. The van der Waals surface area contributed by atoms with Crippen molar-refractivity contribution in [2.24, 2.45) is 17.8 Å². The molecule has 0 saturated heterocycles. The maximum absolute atomic E-state index is 13.2.